The van der Waals surface area contributed by atoms with Gasteiger partial charge in [0.1, 0.15) is 5.82 Å². The quantitative estimate of drug-likeness (QED) is 0.722. The van der Waals surface area contributed by atoms with E-state index in [0.29, 0.717) is 5.92 Å². The molecule has 0 radical (unpaired) electrons. The third-order valence-electron chi connectivity index (χ3n) is 3.70. The maximum absolute atomic E-state index is 4.57. The summed E-state index contributed by atoms with van der Waals surface area (Å²) in [6.07, 6.45) is 1.79. The van der Waals surface area contributed by atoms with Crippen LogP contribution in [-0.2, 0) is 6.54 Å². The lowest BCUT2D eigenvalue weighted by Crippen LogP contribution is -2.26. The van der Waals surface area contributed by atoms with Crippen molar-refractivity contribution in [2.75, 3.05) is 11.9 Å². The van der Waals surface area contributed by atoms with Gasteiger partial charge in [0.25, 0.3) is 0 Å². The molecule has 0 aliphatic carbocycles. The van der Waals surface area contributed by atoms with Crippen molar-refractivity contribution >= 4 is 16.9 Å². The summed E-state index contributed by atoms with van der Waals surface area (Å²) in [7, 11) is 0. The summed E-state index contributed by atoms with van der Waals surface area (Å²) in [5, 5.41) is 9.17. The van der Waals surface area contributed by atoms with E-state index in [1.165, 1.54) is 5.56 Å². The molecule has 0 saturated heterocycles. The normalized spacial score (nSPS) is 18.0. The van der Waals surface area contributed by atoms with Gasteiger partial charge in [-0.2, -0.15) is 5.10 Å². The van der Waals surface area contributed by atoms with Crippen molar-refractivity contribution in [3.63, 3.8) is 0 Å². The number of pyridine rings is 1. The number of hydrogen-bond acceptors (Lipinski definition) is 3. The van der Waals surface area contributed by atoms with Gasteiger partial charge in [-0.05, 0) is 17.7 Å². The summed E-state index contributed by atoms with van der Waals surface area (Å²) < 4.78 is 2.04. The van der Waals surface area contributed by atoms with Crippen LogP contribution in [0, 0.1) is 0 Å². The van der Waals surface area contributed by atoms with Crippen LogP contribution in [0.5, 0.6) is 0 Å². The highest BCUT2D eigenvalue weighted by molar-refractivity contribution is 5.87. The molecule has 1 unspecified atom stereocenters. The summed E-state index contributed by atoms with van der Waals surface area (Å²) in [6.45, 7) is 1.85. The molecule has 4 nitrogen and oxygen atoms in total. The van der Waals surface area contributed by atoms with E-state index in [2.05, 4.69) is 51.8 Å². The second-order valence-corrected chi connectivity index (χ2v) is 4.89. The van der Waals surface area contributed by atoms with Crippen LogP contribution < -0.4 is 5.32 Å². The number of aromatic nitrogens is 3. The maximum atomic E-state index is 4.57. The number of nitrogens with zero attached hydrogens (tertiary/aromatic N) is 3. The summed E-state index contributed by atoms with van der Waals surface area (Å²) in [4.78, 5) is 4.31. The minimum absolute atomic E-state index is 0.461. The molecule has 3 aromatic rings. The van der Waals surface area contributed by atoms with Crippen LogP contribution in [0.1, 0.15) is 11.5 Å². The van der Waals surface area contributed by atoms with Crippen molar-refractivity contribution in [2.24, 2.45) is 0 Å². The first kappa shape index (κ1) is 10.6. The average molecular weight is 250 g/mol. The molecule has 0 amide bonds. The molecular formula is C15H14N4. The maximum Gasteiger partial charge on any atom is 0.183 e. The van der Waals surface area contributed by atoms with E-state index in [0.717, 1.165) is 29.9 Å². The fourth-order valence-corrected chi connectivity index (χ4v) is 2.73. The van der Waals surface area contributed by atoms with Gasteiger partial charge in [0, 0.05) is 18.7 Å². The van der Waals surface area contributed by atoms with Crippen molar-refractivity contribution in [2.45, 2.75) is 12.5 Å². The lowest BCUT2D eigenvalue weighted by molar-refractivity contribution is 0.508. The van der Waals surface area contributed by atoms with Crippen LogP contribution in [-0.4, -0.2) is 21.3 Å². The van der Waals surface area contributed by atoms with Gasteiger partial charge in [0.05, 0.1) is 11.9 Å². The molecule has 94 valence electrons. The number of anilines is 1. The molecule has 1 atom stereocenters. The Morgan fingerprint density at radius 2 is 2.00 bits per heavy atom. The van der Waals surface area contributed by atoms with E-state index in [1.807, 2.05) is 10.7 Å². The summed E-state index contributed by atoms with van der Waals surface area (Å²) >= 11 is 0. The number of hydrogen-bond donors (Lipinski definition) is 1. The number of nitrogens with one attached hydrogen (secondary N) is 1. The minimum Gasteiger partial charge on any atom is -0.369 e. The Hall–Kier alpha value is -2.36. The molecule has 1 aromatic carbocycles. The fraction of sp³-hybridized carbons (Fsp3) is 0.200. The minimum atomic E-state index is 0.461. The van der Waals surface area contributed by atoms with Crippen molar-refractivity contribution in [1.29, 1.82) is 0 Å². The summed E-state index contributed by atoms with van der Waals surface area (Å²) in [5.41, 5.74) is 2.17. The zero-order valence-electron chi connectivity index (χ0n) is 10.5. The first-order valence-corrected chi connectivity index (χ1v) is 6.52. The topological polar surface area (TPSA) is 42.7 Å². The predicted octanol–water partition coefficient (Wildman–Crippen LogP) is 2.64. The van der Waals surface area contributed by atoms with E-state index in [1.54, 1.807) is 6.20 Å². The van der Waals surface area contributed by atoms with Crippen molar-refractivity contribution < 1.29 is 0 Å². The molecule has 4 rings (SSSR count). The van der Waals surface area contributed by atoms with Gasteiger partial charge < -0.3 is 5.32 Å². The Morgan fingerprint density at radius 3 is 2.89 bits per heavy atom. The van der Waals surface area contributed by atoms with Gasteiger partial charge in [0.2, 0.25) is 0 Å². The second-order valence-electron chi connectivity index (χ2n) is 4.89. The molecular weight excluding hydrogens is 236 g/mol. The van der Waals surface area contributed by atoms with Gasteiger partial charge in [-0.25, -0.2) is 9.67 Å². The van der Waals surface area contributed by atoms with E-state index in [4.69, 9.17) is 0 Å². The largest absolute Gasteiger partial charge is 0.369 e. The van der Waals surface area contributed by atoms with E-state index in [9.17, 15) is 0 Å². The molecule has 0 spiro atoms. The Labute approximate surface area is 111 Å². The number of fused-ring (bicyclic) bond motifs is 3. The lowest BCUT2D eigenvalue weighted by Gasteiger charge is -2.25. The zero-order valence-corrected chi connectivity index (χ0v) is 10.5. The molecule has 0 fully saturated rings. The van der Waals surface area contributed by atoms with Crippen LogP contribution in [0.4, 0.5) is 5.82 Å². The smallest absolute Gasteiger partial charge is 0.183 e. The van der Waals surface area contributed by atoms with Crippen molar-refractivity contribution in [1.82, 2.24) is 14.8 Å². The van der Waals surface area contributed by atoms with Crippen molar-refractivity contribution in [3.8, 4) is 0 Å². The molecule has 3 heterocycles. The van der Waals surface area contributed by atoms with E-state index >= 15 is 0 Å². The van der Waals surface area contributed by atoms with Crippen LogP contribution in [0.25, 0.3) is 11.0 Å². The Kier molecular flexibility index (Phi) is 2.27. The van der Waals surface area contributed by atoms with E-state index < -0.39 is 0 Å². The zero-order chi connectivity index (χ0) is 12.7. The van der Waals surface area contributed by atoms with Gasteiger partial charge in [-0.3, -0.25) is 0 Å². The SMILES string of the molecule is c1ccc(C2CNc3c4cccnc4nn3C2)cc1. The molecule has 1 aliphatic heterocycles. The molecule has 1 aliphatic rings. The Bertz CT molecular complexity index is 717. The first-order chi connectivity index (χ1) is 9.42. The third kappa shape index (κ3) is 1.68. The predicted molar refractivity (Wildman–Crippen MR) is 75.2 cm³/mol. The van der Waals surface area contributed by atoms with Crippen LogP contribution in [0.2, 0.25) is 0 Å². The van der Waals surface area contributed by atoms with Gasteiger partial charge in [0.15, 0.2) is 5.65 Å². The first-order valence-electron chi connectivity index (χ1n) is 6.52. The number of benzene rings is 1. The Balaban J connectivity index is 1.74. The monoisotopic (exact) mass is 250 g/mol. The highest BCUT2D eigenvalue weighted by atomic mass is 15.4. The molecule has 4 heteroatoms. The molecule has 0 bridgehead atoms. The van der Waals surface area contributed by atoms with Gasteiger partial charge >= 0.3 is 0 Å². The fourth-order valence-electron chi connectivity index (χ4n) is 2.73. The third-order valence-corrected chi connectivity index (χ3v) is 3.70. The van der Waals surface area contributed by atoms with Gasteiger partial charge in [-0.15, -0.1) is 0 Å². The molecule has 2 aromatic heterocycles. The Morgan fingerprint density at radius 1 is 1.11 bits per heavy atom. The summed E-state index contributed by atoms with van der Waals surface area (Å²) in [5.74, 6) is 1.55. The highest BCUT2D eigenvalue weighted by Gasteiger charge is 2.22. The van der Waals surface area contributed by atoms with Gasteiger partial charge in [-0.1, -0.05) is 30.3 Å². The number of rotatable bonds is 1. The highest BCUT2D eigenvalue weighted by Crippen LogP contribution is 2.29. The summed E-state index contributed by atoms with van der Waals surface area (Å²) in [6, 6.07) is 14.6. The van der Waals surface area contributed by atoms with Crippen molar-refractivity contribution in [3.05, 3.63) is 54.2 Å². The van der Waals surface area contributed by atoms with E-state index in [-0.39, 0.29) is 0 Å². The lowest BCUT2D eigenvalue weighted by atomic mass is 9.98. The average Bonchev–Trinajstić information content (AvgIpc) is 2.86. The molecule has 1 N–H and O–H groups in total. The molecule has 19 heavy (non-hydrogen) atoms. The van der Waals surface area contributed by atoms with Crippen LogP contribution in [0.3, 0.4) is 0 Å². The second kappa shape index (κ2) is 4.09. The standard InChI is InChI=1S/C15H14N4/c1-2-5-11(6-3-1)12-9-17-15-13-7-4-8-16-14(13)18-19(15)10-12/h1-8,12,17H,9-10H2. The van der Waals surface area contributed by atoms with Crippen LogP contribution >= 0.6 is 0 Å². The molecule has 0 saturated carbocycles. The van der Waals surface area contributed by atoms with Crippen LogP contribution in [0.15, 0.2) is 48.7 Å².